The van der Waals surface area contributed by atoms with Gasteiger partial charge in [0.1, 0.15) is 5.75 Å². The fraction of sp³-hybridized carbons (Fsp3) is 0.429. The Morgan fingerprint density at radius 1 is 1.39 bits per heavy atom. The predicted octanol–water partition coefficient (Wildman–Crippen LogP) is 1.70. The molecule has 0 spiro atoms. The number of nitrogens with zero attached hydrogens (tertiary/aromatic N) is 2. The van der Waals surface area contributed by atoms with E-state index in [0.29, 0.717) is 18.7 Å². The first kappa shape index (κ1) is 12.4. The quantitative estimate of drug-likeness (QED) is 0.861. The summed E-state index contributed by atoms with van der Waals surface area (Å²) in [6.45, 7) is 1.29. The van der Waals surface area contributed by atoms with Crippen molar-refractivity contribution in [3.05, 3.63) is 29.8 Å². The molecule has 0 saturated carbocycles. The molecule has 1 aromatic carbocycles. The summed E-state index contributed by atoms with van der Waals surface area (Å²) in [4.78, 5) is 13.8. The van der Waals surface area contributed by atoms with Gasteiger partial charge in [0.25, 0.3) is 0 Å². The van der Waals surface area contributed by atoms with Gasteiger partial charge in [-0.05, 0) is 18.9 Å². The Kier molecular flexibility index (Phi) is 3.83. The largest absolute Gasteiger partial charge is 0.508 e. The van der Waals surface area contributed by atoms with E-state index in [2.05, 4.69) is 6.07 Å². The highest BCUT2D eigenvalue weighted by Gasteiger charge is 2.22. The number of hydrogen-bond donors (Lipinski definition) is 1. The zero-order valence-corrected chi connectivity index (χ0v) is 10.2. The maximum Gasteiger partial charge on any atom is 0.227 e. The van der Waals surface area contributed by atoms with Crippen molar-refractivity contribution in [3.8, 4) is 11.8 Å². The van der Waals surface area contributed by atoms with Gasteiger partial charge in [0.2, 0.25) is 5.91 Å². The summed E-state index contributed by atoms with van der Waals surface area (Å²) in [5.41, 5.74) is 0.657. The zero-order chi connectivity index (χ0) is 13.0. The molecule has 0 bridgehead atoms. The van der Waals surface area contributed by atoms with Gasteiger partial charge < -0.3 is 10.0 Å². The van der Waals surface area contributed by atoms with Gasteiger partial charge >= 0.3 is 0 Å². The summed E-state index contributed by atoms with van der Waals surface area (Å²) in [6, 6.07) is 9.14. The number of phenolic OH excluding ortho intramolecular Hbond substituents is 1. The molecule has 1 heterocycles. The van der Waals surface area contributed by atoms with Gasteiger partial charge in [-0.1, -0.05) is 18.2 Å². The second-order valence-electron chi connectivity index (χ2n) is 4.59. The van der Waals surface area contributed by atoms with Crippen LogP contribution in [0.1, 0.15) is 18.4 Å². The second-order valence-corrected chi connectivity index (χ2v) is 4.59. The lowest BCUT2D eigenvalue weighted by molar-refractivity contribution is -0.131. The first-order valence-electron chi connectivity index (χ1n) is 6.15. The third-order valence-corrected chi connectivity index (χ3v) is 3.36. The van der Waals surface area contributed by atoms with Gasteiger partial charge in [-0.15, -0.1) is 0 Å². The second kappa shape index (κ2) is 5.54. The van der Waals surface area contributed by atoms with Crippen molar-refractivity contribution in [2.45, 2.75) is 19.3 Å². The third kappa shape index (κ3) is 2.80. The van der Waals surface area contributed by atoms with Crippen LogP contribution in [0.2, 0.25) is 0 Å². The summed E-state index contributed by atoms with van der Waals surface area (Å²) >= 11 is 0. The Hall–Kier alpha value is -2.02. The van der Waals surface area contributed by atoms with Crippen LogP contribution >= 0.6 is 0 Å². The number of hydrogen-bond acceptors (Lipinski definition) is 3. The molecule has 0 atom stereocenters. The SMILES string of the molecule is N#CC1CCN(C(=O)Cc2ccccc2O)CC1. The molecule has 4 heteroatoms. The fourth-order valence-corrected chi connectivity index (χ4v) is 2.19. The van der Waals surface area contributed by atoms with Crippen molar-refractivity contribution in [1.82, 2.24) is 4.90 Å². The topological polar surface area (TPSA) is 64.3 Å². The molecule has 1 fully saturated rings. The molecule has 0 radical (unpaired) electrons. The van der Waals surface area contributed by atoms with Gasteiger partial charge in [-0.25, -0.2) is 0 Å². The van der Waals surface area contributed by atoms with Crippen LogP contribution in [0.5, 0.6) is 5.75 Å². The van der Waals surface area contributed by atoms with Gasteiger partial charge in [0.05, 0.1) is 12.5 Å². The van der Waals surface area contributed by atoms with E-state index in [-0.39, 0.29) is 24.0 Å². The van der Waals surface area contributed by atoms with Gasteiger partial charge in [-0.2, -0.15) is 5.26 Å². The average molecular weight is 244 g/mol. The molecule has 1 N–H and O–H groups in total. The van der Waals surface area contributed by atoms with Gasteiger partial charge in [0.15, 0.2) is 0 Å². The van der Waals surface area contributed by atoms with Crippen molar-refractivity contribution in [2.24, 2.45) is 5.92 Å². The molecule has 4 nitrogen and oxygen atoms in total. The van der Waals surface area contributed by atoms with Crippen LogP contribution in [-0.4, -0.2) is 29.0 Å². The monoisotopic (exact) mass is 244 g/mol. The van der Waals surface area contributed by atoms with Crippen molar-refractivity contribution >= 4 is 5.91 Å². The van der Waals surface area contributed by atoms with Gasteiger partial charge in [-0.3, -0.25) is 4.79 Å². The van der Waals surface area contributed by atoms with E-state index in [9.17, 15) is 9.90 Å². The summed E-state index contributed by atoms with van der Waals surface area (Å²) in [5.74, 6) is 0.268. The predicted molar refractivity (Wildman–Crippen MR) is 66.7 cm³/mol. The molecule has 1 amide bonds. The number of carbonyl (C=O) groups is 1. The summed E-state index contributed by atoms with van der Waals surface area (Å²) in [7, 11) is 0. The highest BCUT2D eigenvalue weighted by molar-refractivity contribution is 5.79. The highest BCUT2D eigenvalue weighted by Crippen LogP contribution is 2.20. The van der Waals surface area contributed by atoms with Crippen LogP contribution in [0.3, 0.4) is 0 Å². The maximum atomic E-state index is 12.0. The van der Waals surface area contributed by atoms with Crippen molar-refractivity contribution in [1.29, 1.82) is 5.26 Å². The van der Waals surface area contributed by atoms with Crippen LogP contribution in [0.25, 0.3) is 0 Å². The molecule has 0 aromatic heterocycles. The third-order valence-electron chi connectivity index (χ3n) is 3.36. The number of carbonyl (C=O) groups excluding carboxylic acids is 1. The Labute approximate surface area is 106 Å². The smallest absolute Gasteiger partial charge is 0.227 e. The molecule has 1 aliphatic rings. The first-order valence-corrected chi connectivity index (χ1v) is 6.15. The van der Waals surface area contributed by atoms with E-state index in [4.69, 9.17) is 5.26 Å². The number of phenols is 1. The maximum absolute atomic E-state index is 12.0. The van der Waals surface area contributed by atoms with Crippen LogP contribution in [-0.2, 0) is 11.2 Å². The van der Waals surface area contributed by atoms with E-state index < -0.39 is 0 Å². The minimum Gasteiger partial charge on any atom is -0.508 e. The number of likely N-dealkylation sites (tertiary alicyclic amines) is 1. The fourth-order valence-electron chi connectivity index (χ4n) is 2.19. The van der Waals surface area contributed by atoms with E-state index in [0.717, 1.165) is 12.8 Å². The van der Waals surface area contributed by atoms with E-state index in [1.165, 1.54) is 0 Å². The minimum absolute atomic E-state index is 0.0212. The van der Waals surface area contributed by atoms with Gasteiger partial charge in [0, 0.05) is 24.6 Å². The number of nitriles is 1. The van der Waals surface area contributed by atoms with Crippen LogP contribution in [0.15, 0.2) is 24.3 Å². The molecule has 0 aliphatic carbocycles. The number of amides is 1. The molecule has 1 saturated heterocycles. The molecule has 0 unspecified atom stereocenters. The highest BCUT2D eigenvalue weighted by atomic mass is 16.3. The summed E-state index contributed by atoms with van der Waals surface area (Å²) in [6.07, 6.45) is 1.73. The Balaban J connectivity index is 1.94. The molecule has 94 valence electrons. The molecular formula is C14H16N2O2. The van der Waals surface area contributed by atoms with E-state index >= 15 is 0 Å². The summed E-state index contributed by atoms with van der Waals surface area (Å²) in [5, 5.41) is 18.4. The number of para-hydroxylation sites is 1. The molecule has 18 heavy (non-hydrogen) atoms. The Morgan fingerprint density at radius 3 is 2.67 bits per heavy atom. The Bertz CT molecular complexity index is 471. The number of aromatic hydroxyl groups is 1. The first-order chi connectivity index (χ1) is 8.70. The Morgan fingerprint density at radius 2 is 2.06 bits per heavy atom. The number of rotatable bonds is 2. The van der Waals surface area contributed by atoms with Crippen LogP contribution in [0, 0.1) is 17.2 Å². The van der Waals surface area contributed by atoms with Crippen LogP contribution < -0.4 is 0 Å². The average Bonchev–Trinajstić information content (AvgIpc) is 2.41. The standard InChI is InChI=1S/C14H16N2O2/c15-10-11-5-7-16(8-6-11)14(18)9-12-3-1-2-4-13(12)17/h1-4,11,17H,5-9H2. The van der Waals surface area contributed by atoms with Crippen molar-refractivity contribution < 1.29 is 9.90 Å². The number of benzene rings is 1. The lowest BCUT2D eigenvalue weighted by atomic mass is 9.98. The number of piperidine rings is 1. The van der Waals surface area contributed by atoms with Crippen LogP contribution in [0.4, 0.5) is 0 Å². The molecule has 1 aliphatic heterocycles. The van der Waals surface area contributed by atoms with Crippen molar-refractivity contribution in [2.75, 3.05) is 13.1 Å². The zero-order valence-electron chi connectivity index (χ0n) is 10.2. The van der Waals surface area contributed by atoms with Crippen molar-refractivity contribution in [3.63, 3.8) is 0 Å². The molecule has 1 aromatic rings. The normalized spacial score (nSPS) is 16.3. The lowest BCUT2D eigenvalue weighted by Gasteiger charge is -2.29. The molecule has 2 rings (SSSR count). The van der Waals surface area contributed by atoms with E-state index in [1.807, 2.05) is 6.07 Å². The lowest BCUT2D eigenvalue weighted by Crippen LogP contribution is -2.39. The van der Waals surface area contributed by atoms with E-state index in [1.54, 1.807) is 23.1 Å². The molecular weight excluding hydrogens is 228 g/mol. The minimum atomic E-state index is 0.0212. The summed E-state index contributed by atoms with van der Waals surface area (Å²) < 4.78 is 0.